The molecule has 10 rings (SSSR count). The normalized spacial score (nSPS) is 11.9. The van der Waals surface area contributed by atoms with E-state index < -0.39 is 0 Å². The summed E-state index contributed by atoms with van der Waals surface area (Å²) >= 11 is 0. The van der Waals surface area contributed by atoms with Gasteiger partial charge in [-0.1, -0.05) is 115 Å². The molecule has 0 saturated heterocycles. The Kier molecular flexibility index (Phi) is 5.28. The van der Waals surface area contributed by atoms with Gasteiger partial charge >= 0.3 is 0 Å². The predicted molar refractivity (Wildman–Crippen MR) is 193 cm³/mol. The molecule has 3 nitrogen and oxygen atoms in total. The summed E-state index contributed by atoms with van der Waals surface area (Å²) in [5.74, 6) is 0. The Balaban J connectivity index is 1.41. The molecule has 3 aromatic heterocycles. The van der Waals surface area contributed by atoms with E-state index in [1.807, 2.05) is 0 Å². The molecule has 0 N–H and O–H groups in total. The fraction of sp³-hybridized carbons (Fsp3) is 0. The molecule has 0 atom stereocenters. The highest BCUT2D eigenvalue weighted by molar-refractivity contribution is 6.25. The van der Waals surface area contributed by atoms with Crippen LogP contribution in [-0.2, 0) is 0 Å². The van der Waals surface area contributed by atoms with Crippen molar-refractivity contribution in [2.75, 3.05) is 0 Å². The van der Waals surface area contributed by atoms with E-state index in [1.165, 1.54) is 48.9 Å². The Bertz CT molecular complexity index is 2790. The second-order valence-corrected chi connectivity index (χ2v) is 12.0. The van der Waals surface area contributed by atoms with Crippen molar-refractivity contribution >= 4 is 65.3 Å². The van der Waals surface area contributed by atoms with Crippen molar-refractivity contribution < 1.29 is 0 Å². The maximum Gasteiger partial charge on any atom is 0.0950 e. The van der Waals surface area contributed by atoms with Gasteiger partial charge in [-0.25, -0.2) is 4.98 Å². The van der Waals surface area contributed by atoms with Gasteiger partial charge in [0, 0.05) is 38.2 Å². The van der Waals surface area contributed by atoms with Gasteiger partial charge in [-0.15, -0.1) is 0 Å². The van der Waals surface area contributed by atoms with Crippen LogP contribution in [0.5, 0.6) is 0 Å². The lowest BCUT2D eigenvalue weighted by atomic mass is 10.0. The van der Waals surface area contributed by atoms with E-state index in [-0.39, 0.29) is 0 Å². The van der Waals surface area contributed by atoms with Crippen molar-refractivity contribution in [3.05, 3.63) is 164 Å². The van der Waals surface area contributed by atoms with Gasteiger partial charge in [-0.2, -0.15) is 0 Å². The summed E-state index contributed by atoms with van der Waals surface area (Å²) in [5.41, 5.74) is 10.00. The van der Waals surface area contributed by atoms with Crippen molar-refractivity contribution in [3.8, 4) is 22.6 Å². The van der Waals surface area contributed by atoms with Gasteiger partial charge in [-0.05, 0) is 59.3 Å². The molecule has 0 saturated carbocycles. The lowest BCUT2D eigenvalue weighted by Gasteiger charge is -2.15. The number of nitrogens with zero attached hydrogens (tertiary/aromatic N) is 3. The molecule has 10 aromatic rings. The standard InChI is InChI=1S/C43H27N3/c1-3-14-29(15-4-1)43-41(25-30-16-8-11-21-36(30)44-43)46-37-22-12-10-20-33(37)34-26-35-40(27-39(34)46)45(31-17-5-2-6-18-31)38-24-23-28-13-7-9-19-32(28)42(35)38/h1-27H. The summed E-state index contributed by atoms with van der Waals surface area (Å²) in [6, 6.07) is 58.9. The number of aromatic nitrogens is 3. The number of fused-ring (bicyclic) bond motifs is 9. The minimum Gasteiger partial charge on any atom is -0.309 e. The van der Waals surface area contributed by atoms with Crippen molar-refractivity contribution in [1.29, 1.82) is 0 Å². The first kappa shape index (κ1) is 25.2. The van der Waals surface area contributed by atoms with Gasteiger partial charge in [-0.3, -0.25) is 0 Å². The zero-order valence-electron chi connectivity index (χ0n) is 24.9. The highest BCUT2D eigenvalue weighted by atomic mass is 15.0. The first-order chi connectivity index (χ1) is 22.8. The van der Waals surface area contributed by atoms with Crippen LogP contribution in [0, 0.1) is 0 Å². The third kappa shape index (κ3) is 3.57. The van der Waals surface area contributed by atoms with Crippen LogP contribution < -0.4 is 0 Å². The Hall–Kier alpha value is -6.19. The Morgan fingerprint density at radius 1 is 0.391 bits per heavy atom. The van der Waals surface area contributed by atoms with E-state index in [1.54, 1.807) is 0 Å². The summed E-state index contributed by atoms with van der Waals surface area (Å²) in [6.45, 7) is 0. The van der Waals surface area contributed by atoms with Crippen molar-refractivity contribution in [2.24, 2.45) is 0 Å². The van der Waals surface area contributed by atoms with Crippen LogP contribution in [0.2, 0.25) is 0 Å². The first-order valence-corrected chi connectivity index (χ1v) is 15.7. The van der Waals surface area contributed by atoms with E-state index in [4.69, 9.17) is 4.98 Å². The quantitative estimate of drug-likeness (QED) is 0.202. The molecule has 0 aliphatic carbocycles. The van der Waals surface area contributed by atoms with Crippen LogP contribution >= 0.6 is 0 Å². The summed E-state index contributed by atoms with van der Waals surface area (Å²) in [4.78, 5) is 5.29. The van der Waals surface area contributed by atoms with Gasteiger partial charge in [0.15, 0.2) is 0 Å². The van der Waals surface area contributed by atoms with Gasteiger partial charge < -0.3 is 9.13 Å². The molecule has 0 fully saturated rings. The van der Waals surface area contributed by atoms with Crippen LogP contribution in [0.25, 0.3) is 87.9 Å². The van der Waals surface area contributed by atoms with E-state index in [0.717, 1.165) is 39.1 Å². The second kappa shape index (κ2) is 9.65. The molecule has 0 bridgehead atoms. The zero-order chi connectivity index (χ0) is 30.2. The maximum atomic E-state index is 5.29. The minimum absolute atomic E-state index is 0.969. The highest BCUT2D eigenvalue weighted by Crippen LogP contribution is 2.43. The Morgan fingerprint density at radius 3 is 1.91 bits per heavy atom. The van der Waals surface area contributed by atoms with Crippen LogP contribution in [0.3, 0.4) is 0 Å². The minimum atomic E-state index is 0.969. The van der Waals surface area contributed by atoms with Crippen molar-refractivity contribution in [3.63, 3.8) is 0 Å². The third-order valence-electron chi connectivity index (χ3n) is 9.45. The third-order valence-corrected chi connectivity index (χ3v) is 9.45. The zero-order valence-corrected chi connectivity index (χ0v) is 24.9. The SMILES string of the molecule is c1ccc(-c2nc3ccccc3cc2-n2c3ccccc3c3cc4c5c6ccccc6ccc5n(-c5ccccc5)c4cc32)cc1. The molecular weight excluding hydrogens is 558 g/mol. The number of hydrogen-bond acceptors (Lipinski definition) is 1. The topological polar surface area (TPSA) is 22.8 Å². The number of para-hydroxylation sites is 3. The molecular formula is C43H27N3. The molecule has 3 heterocycles. The summed E-state index contributed by atoms with van der Waals surface area (Å²) in [6.07, 6.45) is 0. The van der Waals surface area contributed by atoms with E-state index in [9.17, 15) is 0 Å². The fourth-order valence-electron chi connectivity index (χ4n) is 7.45. The molecule has 0 unspecified atom stereocenters. The van der Waals surface area contributed by atoms with Crippen LogP contribution in [0.1, 0.15) is 0 Å². The smallest absolute Gasteiger partial charge is 0.0950 e. The largest absolute Gasteiger partial charge is 0.309 e. The van der Waals surface area contributed by atoms with E-state index >= 15 is 0 Å². The number of hydrogen-bond donors (Lipinski definition) is 0. The lowest BCUT2D eigenvalue weighted by molar-refractivity contribution is 1.15. The highest BCUT2D eigenvalue weighted by Gasteiger charge is 2.21. The van der Waals surface area contributed by atoms with Crippen LogP contribution in [0.15, 0.2) is 164 Å². The van der Waals surface area contributed by atoms with Crippen LogP contribution in [0.4, 0.5) is 0 Å². The predicted octanol–water partition coefficient (Wildman–Crippen LogP) is 11.2. The fourth-order valence-corrected chi connectivity index (χ4v) is 7.45. The second-order valence-electron chi connectivity index (χ2n) is 12.0. The summed E-state index contributed by atoms with van der Waals surface area (Å²) < 4.78 is 4.85. The number of rotatable bonds is 3. The molecule has 0 amide bonds. The summed E-state index contributed by atoms with van der Waals surface area (Å²) in [5, 5.41) is 8.64. The van der Waals surface area contributed by atoms with Gasteiger partial charge in [0.2, 0.25) is 0 Å². The maximum absolute atomic E-state index is 5.29. The Morgan fingerprint density at radius 2 is 1.07 bits per heavy atom. The van der Waals surface area contributed by atoms with Crippen LogP contribution in [-0.4, -0.2) is 14.1 Å². The molecule has 7 aromatic carbocycles. The first-order valence-electron chi connectivity index (χ1n) is 15.7. The summed E-state index contributed by atoms with van der Waals surface area (Å²) in [7, 11) is 0. The molecule has 0 aliphatic heterocycles. The average molecular weight is 586 g/mol. The molecule has 0 aliphatic rings. The molecule has 3 heteroatoms. The molecule has 46 heavy (non-hydrogen) atoms. The van der Waals surface area contributed by atoms with Crippen molar-refractivity contribution in [1.82, 2.24) is 14.1 Å². The van der Waals surface area contributed by atoms with Crippen molar-refractivity contribution in [2.45, 2.75) is 0 Å². The van der Waals surface area contributed by atoms with Gasteiger partial charge in [0.05, 0.1) is 39.0 Å². The van der Waals surface area contributed by atoms with E-state index in [0.29, 0.717) is 0 Å². The average Bonchev–Trinajstić information content (AvgIpc) is 3.63. The molecule has 0 radical (unpaired) electrons. The lowest BCUT2D eigenvalue weighted by Crippen LogP contribution is -2.00. The number of pyridine rings is 1. The van der Waals surface area contributed by atoms with Gasteiger partial charge in [0.25, 0.3) is 0 Å². The molecule has 214 valence electrons. The molecule has 0 spiro atoms. The monoisotopic (exact) mass is 585 g/mol. The van der Waals surface area contributed by atoms with E-state index in [2.05, 4.69) is 173 Å². The number of benzene rings is 7. The Labute approximate surface area is 265 Å². The van der Waals surface area contributed by atoms with Gasteiger partial charge in [0.1, 0.15) is 0 Å².